The zero-order valence-electron chi connectivity index (χ0n) is 16.8. The molecule has 1 unspecified atom stereocenters. The van der Waals surface area contributed by atoms with Crippen molar-refractivity contribution in [3.05, 3.63) is 29.8 Å². The van der Waals surface area contributed by atoms with Crippen molar-refractivity contribution in [3.8, 4) is 5.75 Å². The van der Waals surface area contributed by atoms with E-state index in [1.807, 2.05) is 19.2 Å². The molecule has 1 aromatic rings. The lowest BCUT2D eigenvalue weighted by atomic mass is 9.96. The van der Waals surface area contributed by atoms with Gasteiger partial charge in [0.2, 0.25) is 0 Å². The van der Waals surface area contributed by atoms with Gasteiger partial charge in [0.25, 0.3) is 0 Å². The maximum absolute atomic E-state index is 5.44. The van der Waals surface area contributed by atoms with Gasteiger partial charge in [-0.2, -0.15) is 0 Å². The van der Waals surface area contributed by atoms with Gasteiger partial charge in [-0.15, -0.1) is 0 Å². The first-order chi connectivity index (χ1) is 12.6. The van der Waals surface area contributed by atoms with Gasteiger partial charge < -0.3 is 19.7 Å². The molecule has 146 valence electrons. The summed E-state index contributed by atoms with van der Waals surface area (Å²) in [6, 6.07) is 8.36. The van der Waals surface area contributed by atoms with Crippen molar-refractivity contribution in [1.29, 1.82) is 0 Å². The fourth-order valence-corrected chi connectivity index (χ4v) is 3.40. The molecule has 1 fully saturated rings. The molecule has 0 radical (unpaired) electrons. The second kappa shape index (κ2) is 11.1. The molecule has 1 aliphatic heterocycles. The quantitative estimate of drug-likeness (QED) is 0.568. The van der Waals surface area contributed by atoms with Crippen LogP contribution in [0.5, 0.6) is 5.75 Å². The highest BCUT2D eigenvalue weighted by molar-refractivity contribution is 5.79. The molecule has 0 saturated carbocycles. The van der Waals surface area contributed by atoms with Crippen molar-refractivity contribution in [2.45, 2.75) is 38.5 Å². The van der Waals surface area contributed by atoms with Crippen LogP contribution < -0.4 is 10.1 Å². The summed E-state index contributed by atoms with van der Waals surface area (Å²) in [5.41, 5.74) is 1.34. The molecular formula is C21H35N3O2. The summed E-state index contributed by atoms with van der Waals surface area (Å²) >= 11 is 0. The highest BCUT2D eigenvalue weighted by Crippen LogP contribution is 2.21. The first-order valence-corrected chi connectivity index (χ1v) is 9.77. The lowest BCUT2D eigenvalue weighted by Gasteiger charge is -2.27. The van der Waals surface area contributed by atoms with Crippen LogP contribution in [-0.4, -0.2) is 58.4 Å². The predicted molar refractivity (Wildman–Crippen MR) is 108 cm³/mol. The van der Waals surface area contributed by atoms with Crippen LogP contribution >= 0.6 is 0 Å². The minimum Gasteiger partial charge on any atom is -0.497 e. The molecule has 1 aromatic carbocycles. The third-order valence-electron chi connectivity index (χ3n) is 5.33. The normalized spacial score (nSPS) is 17.0. The SMILES string of the molecule is CN=C(NCCC(C)c1ccc(OC)cc1)N(C)CCC1CCOCC1. The molecule has 1 atom stereocenters. The Balaban J connectivity index is 1.71. The highest BCUT2D eigenvalue weighted by Gasteiger charge is 2.15. The summed E-state index contributed by atoms with van der Waals surface area (Å²) in [5, 5.41) is 3.51. The standard InChI is InChI=1S/C21H35N3O2/c1-17(19-5-7-20(25-4)8-6-19)9-13-23-21(22-2)24(3)14-10-18-11-15-26-16-12-18/h5-8,17-18H,9-16H2,1-4H3,(H,22,23). The van der Waals surface area contributed by atoms with E-state index in [1.165, 1.54) is 24.8 Å². The van der Waals surface area contributed by atoms with Gasteiger partial charge in [0, 0.05) is 40.4 Å². The molecule has 1 saturated heterocycles. The fraction of sp³-hybridized carbons (Fsp3) is 0.667. The van der Waals surface area contributed by atoms with Crippen LogP contribution in [0.4, 0.5) is 0 Å². The van der Waals surface area contributed by atoms with E-state index >= 15 is 0 Å². The molecule has 0 aromatic heterocycles. The predicted octanol–water partition coefficient (Wildman–Crippen LogP) is 3.51. The monoisotopic (exact) mass is 361 g/mol. The number of guanidine groups is 1. The summed E-state index contributed by atoms with van der Waals surface area (Å²) in [5.74, 6) is 3.18. The van der Waals surface area contributed by atoms with Crippen LogP contribution in [0.2, 0.25) is 0 Å². The topological polar surface area (TPSA) is 46.1 Å². The average molecular weight is 362 g/mol. The summed E-state index contributed by atoms with van der Waals surface area (Å²) in [6.07, 6.45) is 4.67. The number of nitrogens with zero attached hydrogens (tertiary/aromatic N) is 2. The van der Waals surface area contributed by atoms with Gasteiger partial charge in [0.05, 0.1) is 7.11 Å². The van der Waals surface area contributed by atoms with E-state index < -0.39 is 0 Å². The van der Waals surface area contributed by atoms with Gasteiger partial charge in [0.1, 0.15) is 5.75 Å². The van der Waals surface area contributed by atoms with Gasteiger partial charge in [-0.25, -0.2) is 0 Å². The maximum atomic E-state index is 5.44. The van der Waals surface area contributed by atoms with Crippen LogP contribution in [0.15, 0.2) is 29.3 Å². The average Bonchev–Trinajstić information content (AvgIpc) is 2.70. The Labute approximate surface area is 158 Å². The number of ether oxygens (including phenoxy) is 2. The summed E-state index contributed by atoms with van der Waals surface area (Å²) in [6.45, 7) is 6.07. The molecule has 1 heterocycles. The maximum Gasteiger partial charge on any atom is 0.193 e. The van der Waals surface area contributed by atoms with Gasteiger partial charge >= 0.3 is 0 Å². The first-order valence-electron chi connectivity index (χ1n) is 9.77. The van der Waals surface area contributed by atoms with Crippen molar-refractivity contribution in [2.75, 3.05) is 47.5 Å². The molecule has 0 amide bonds. The molecule has 26 heavy (non-hydrogen) atoms. The van der Waals surface area contributed by atoms with Crippen molar-refractivity contribution in [3.63, 3.8) is 0 Å². The number of benzene rings is 1. The number of aliphatic imine (C=N–C) groups is 1. The van der Waals surface area contributed by atoms with Crippen LogP contribution in [0.25, 0.3) is 0 Å². The van der Waals surface area contributed by atoms with Gasteiger partial charge in [0.15, 0.2) is 5.96 Å². The number of hydrogen-bond acceptors (Lipinski definition) is 3. The molecule has 1 N–H and O–H groups in total. The molecule has 5 nitrogen and oxygen atoms in total. The Morgan fingerprint density at radius 2 is 2.00 bits per heavy atom. The van der Waals surface area contributed by atoms with Crippen molar-refractivity contribution < 1.29 is 9.47 Å². The van der Waals surface area contributed by atoms with E-state index in [2.05, 4.69) is 41.3 Å². The number of nitrogens with one attached hydrogen (secondary N) is 1. The van der Waals surface area contributed by atoms with Gasteiger partial charge in [-0.1, -0.05) is 19.1 Å². The second-order valence-corrected chi connectivity index (χ2v) is 7.20. The number of rotatable bonds is 8. The van der Waals surface area contributed by atoms with E-state index in [-0.39, 0.29) is 0 Å². The van der Waals surface area contributed by atoms with Crippen molar-refractivity contribution >= 4 is 5.96 Å². The summed E-state index contributed by atoms with van der Waals surface area (Å²) < 4.78 is 10.7. The molecule has 1 aliphatic rings. The van der Waals surface area contributed by atoms with E-state index in [0.717, 1.165) is 50.4 Å². The largest absolute Gasteiger partial charge is 0.497 e. The minimum atomic E-state index is 0.499. The molecule has 0 aliphatic carbocycles. The van der Waals surface area contributed by atoms with E-state index in [9.17, 15) is 0 Å². The second-order valence-electron chi connectivity index (χ2n) is 7.20. The molecular weight excluding hydrogens is 326 g/mol. The van der Waals surface area contributed by atoms with Gasteiger partial charge in [-0.3, -0.25) is 4.99 Å². The van der Waals surface area contributed by atoms with Crippen molar-refractivity contribution in [2.24, 2.45) is 10.9 Å². The lowest BCUT2D eigenvalue weighted by molar-refractivity contribution is 0.0625. The van der Waals surface area contributed by atoms with E-state index in [1.54, 1.807) is 7.11 Å². The number of hydrogen-bond donors (Lipinski definition) is 1. The zero-order valence-corrected chi connectivity index (χ0v) is 16.8. The van der Waals surface area contributed by atoms with Crippen LogP contribution in [-0.2, 0) is 4.74 Å². The lowest BCUT2D eigenvalue weighted by Crippen LogP contribution is -2.40. The van der Waals surface area contributed by atoms with Crippen LogP contribution in [0.1, 0.15) is 44.1 Å². The third kappa shape index (κ3) is 6.52. The Hall–Kier alpha value is -1.75. The first kappa shape index (κ1) is 20.6. The molecule has 2 rings (SSSR count). The van der Waals surface area contributed by atoms with Crippen LogP contribution in [0.3, 0.4) is 0 Å². The Kier molecular flexibility index (Phi) is 8.75. The zero-order chi connectivity index (χ0) is 18.8. The number of methoxy groups -OCH3 is 1. The third-order valence-corrected chi connectivity index (χ3v) is 5.33. The fourth-order valence-electron chi connectivity index (χ4n) is 3.40. The van der Waals surface area contributed by atoms with Gasteiger partial charge in [-0.05, 0) is 55.2 Å². The summed E-state index contributed by atoms with van der Waals surface area (Å²) in [7, 11) is 5.69. The summed E-state index contributed by atoms with van der Waals surface area (Å²) in [4.78, 5) is 6.68. The smallest absolute Gasteiger partial charge is 0.193 e. The molecule has 5 heteroatoms. The van der Waals surface area contributed by atoms with Crippen molar-refractivity contribution in [1.82, 2.24) is 10.2 Å². The Morgan fingerprint density at radius 3 is 2.62 bits per heavy atom. The van der Waals surface area contributed by atoms with E-state index in [4.69, 9.17) is 9.47 Å². The van der Waals surface area contributed by atoms with Crippen LogP contribution in [0, 0.1) is 5.92 Å². The molecule has 0 bridgehead atoms. The minimum absolute atomic E-state index is 0.499. The Bertz CT molecular complexity index is 539. The highest BCUT2D eigenvalue weighted by atomic mass is 16.5. The molecule has 0 spiro atoms. The Morgan fingerprint density at radius 1 is 1.31 bits per heavy atom. The van der Waals surface area contributed by atoms with E-state index in [0.29, 0.717) is 5.92 Å².